The predicted molar refractivity (Wildman–Crippen MR) is 101 cm³/mol. The molecule has 0 unspecified atom stereocenters. The van der Waals surface area contributed by atoms with E-state index in [2.05, 4.69) is 10.6 Å². The molecule has 7 heteroatoms. The molecule has 0 aromatic heterocycles. The van der Waals surface area contributed by atoms with Crippen LogP contribution in [-0.2, 0) is 15.1 Å². The Kier molecular flexibility index (Phi) is 4.78. The molecule has 1 aliphatic rings. The molecule has 1 fully saturated rings. The van der Waals surface area contributed by atoms with Crippen LogP contribution in [0.5, 0.6) is 5.75 Å². The molecule has 3 rings (SSSR count). The minimum Gasteiger partial charge on any atom is -0.497 e. The van der Waals surface area contributed by atoms with Gasteiger partial charge in [-0.25, -0.2) is 4.79 Å². The van der Waals surface area contributed by atoms with Crippen molar-refractivity contribution in [2.75, 3.05) is 13.7 Å². The minimum absolute atomic E-state index is 0.0675. The van der Waals surface area contributed by atoms with Gasteiger partial charge in [0, 0.05) is 6.04 Å². The van der Waals surface area contributed by atoms with Crippen LogP contribution in [0.4, 0.5) is 4.79 Å². The average molecular weight is 369 g/mol. The van der Waals surface area contributed by atoms with Crippen LogP contribution in [0.3, 0.4) is 0 Å². The molecule has 1 atom stereocenters. The maximum absolute atomic E-state index is 12.9. The third-order valence-corrected chi connectivity index (χ3v) is 4.65. The molecule has 27 heavy (non-hydrogen) atoms. The third-order valence-electron chi connectivity index (χ3n) is 4.65. The van der Waals surface area contributed by atoms with Crippen molar-refractivity contribution in [3.8, 4) is 5.75 Å². The third kappa shape index (κ3) is 3.45. The van der Waals surface area contributed by atoms with Crippen LogP contribution in [0.25, 0.3) is 10.8 Å². The fourth-order valence-corrected chi connectivity index (χ4v) is 3.21. The Hall–Kier alpha value is -3.09. The summed E-state index contributed by atoms with van der Waals surface area (Å²) in [6, 6.07) is 10.5. The lowest BCUT2D eigenvalue weighted by molar-refractivity contribution is -0.135. The summed E-state index contributed by atoms with van der Waals surface area (Å²) in [5.41, 5.74) is -0.561. The topological polar surface area (TPSA) is 87.7 Å². The quantitative estimate of drug-likeness (QED) is 0.791. The molecule has 0 aliphatic carbocycles. The Morgan fingerprint density at radius 1 is 1.19 bits per heavy atom. The van der Waals surface area contributed by atoms with Crippen LogP contribution in [0.1, 0.15) is 26.3 Å². The van der Waals surface area contributed by atoms with E-state index in [4.69, 9.17) is 4.74 Å². The molecule has 2 aromatic carbocycles. The van der Waals surface area contributed by atoms with Crippen molar-refractivity contribution in [3.63, 3.8) is 0 Å². The molecular formula is C20H23N3O4. The lowest BCUT2D eigenvalue weighted by Crippen LogP contribution is -2.44. The van der Waals surface area contributed by atoms with Gasteiger partial charge in [0.1, 0.15) is 17.8 Å². The van der Waals surface area contributed by atoms with Crippen LogP contribution in [0.15, 0.2) is 36.4 Å². The van der Waals surface area contributed by atoms with Crippen molar-refractivity contribution in [2.45, 2.75) is 32.4 Å². The first kappa shape index (κ1) is 18.7. The molecule has 0 spiro atoms. The summed E-state index contributed by atoms with van der Waals surface area (Å²) in [6.45, 7) is 4.98. The highest BCUT2D eigenvalue weighted by Gasteiger charge is 2.49. The van der Waals surface area contributed by atoms with E-state index in [9.17, 15) is 14.4 Å². The van der Waals surface area contributed by atoms with E-state index in [0.29, 0.717) is 5.56 Å². The van der Waals surface area contributed by atoms with Crippen molar-refractivity contribution in [2.24, 2.45) is 0 Å². The number of carbonyl (C=O) groups is 3. The number of ether oxygens (including phenoxy) is 1. The van der Waals surface area contributed by atoms with Crippen molar-refractivity contribution < 1.29 is 19.1 Å². The van der Waals surface area contributed by atoms with E-state index < -0.39 is 17.5 Å². The highest BCUT2D eigenvalue weighted by Crippen LogP contribution is 2.31. The Balaban J connectivity index is 1.89. The second kappa shape index (κ2) is 6.90. The summed E-state index contributed by atoms with van der Waals surface area (Å²) in [6.07, 6.45) is 0. The van der Waals surface area contributed by atoms with E-state index >= 15 is 0 Å². The summed E-state index contributed by atoms with van der Waals surface area (Å²) in [4.78, 5) is 38.2. The van der Waals surface area contributed by atoms with Gasteiger partial charge in [0.05, 0.1) is 7.11 Å². The Morgan fingerprint density at radius 3 is 2.52 bits per heavy atom. The zero-order valence-electron chi connectivity index (χ0n) is 15.8. The van der Waals surface area contributed by atoms with Crippen molar-refractivity contribution >= 4 is 28.6 Å². The van der Waals surface area contributed by atoms with Gasteiger partial charge in [-0.1, -0.05) is 18.2 Å². The van der Waals surface area contributed by atoms with Gasteiger partial charge < -0.3 is 15.4 Å². The van der Waals surface area contributed by atoms with Gasteiger partial charge in [0.25, 0.3) is 5.91 Å². The second-order valence-electron chi connectivity index (χ2n) is 7.10. The Bertz CT molecular complexity index is 925. The summed E-state index contributed by atoms with van der Waals surface area (Å²) in [7, 11) is 1.60. The molecule has 2 N–H and O–H groups in total. The highest BCUT2D eigenvalue weighted by atomic mass is 16.5. The predicted octanol–water partition coefficient (Wildman–Crippen LogP) is 2.14. The first-order valence-corrected chi connectivity index (χ1v) is 8.76. The van der Waals surface area contributed by atoms with Crippen LogP contribution >= 0.6 is 0 Å². The van der Waals surface area contributed by atoms with E-state index in [1.807, 2.05) is 44.2 Å². The second-order valence-corrected chi connectivity index (χ2v) is 7.10. The van der Waals surface area contributed by atoms with Crippen molar-refractivity contribution in [1.29, 1.82) is 0 Å². The van der Waals surface area contributed by atoms with Gasteiger partial charge in [0.2, 0.25) is 5.91 Å². The number of benzene rings is 2. The zero-order valence-corrected chi connectivity index (χ0v) is 15.8. The number of methoxy groups -OCH3 is 1. The van der Waals surface area contributed by atoms with E-state index in [1.54, 1.807) is 20.1 Å². The van der Waals surface area contributed by atoms with Crippen molar-refractivity contribution in [1.82, 2.24) is 15.5 Å². The monoisotopic (exact) mass is 369 g/mol. The lowest BCUT2D eigenvalue weighted by atomic mass is 9.90. The van der Waals surface area contributed by atoms with Gasteiger partial charge in [-0.15, -0.1) is 0 Å². The minimum atomic E-state index is -1.22. The number of fused-ring (bicyclic) bond motifs is 1. The van der Waals surface area contributed by atoms with Gasteiger partial charge in [-0.2, -0.15) is 0 Å². The molecule has 2 aromatic rings. The number of amides is 4. The molecule has 0 bridgehead atoms. The van der Waals surface area contributed by atoms with E-state index in [0.717, 1.165) is 21.4 Å². The van der Waals surface area contributed by atoms with Crippen LogP contribution in [0.2, 0.25) is 0 Å². The number of imide groups is 1. The van der Waals surface area contributed by atoms with Crippen LogP contribution in [-0.4, -0.2) is 42.4 Å². The molecule has 0 radical (unpaired) electrons. The number of nitrogens with zero attached hydrogens (tertiary/aromatic N) is 1. The SMILES string of the molecule is COc1ccc2cc([C@@]3(C)NC(=O)N(CC(=O)NC(C)C)C3=O)ccc2c1. The first-order chi connectivity index (χ1) is 12.7. The molecule has 7 nitrogen and oxygen atoms in total. The Labute approximate surface area is 157 Å². The molecule has 1 saturated heterocycles. The molecular weight excluding hydrogens is 346 g/mol. The van der Waals surface area contributed by atoms with Gasteiger partial charge in [-0.05, 0) is 55.3 Å². The number of nitrogens with one attached hydrogen (secondary N) is 2. The highest BCUT2D eigenvalue weighted by molar-refractivity contribution is 6.09. The maximum atomic E-state index is 12.9. The number of hydrogen-bond acceptors (Lipinski definition) is 4. The number of carbonyl (C=O) groups excluding carboxylic acids is 3. The fourth-order valence-electron chi connectivity index (χ4n) is 3.21. The van der Waals surface area contributed by atoms with E-state index in [-0.39, 0.29) is 18.5 Å². The summed E-state index contributed by atoms with van der Waals surface area (Å²) in [5.74, 6) is -0.0725. The summed E-state index contributed by atoms with van der Waals surface area (Å²) in [5, 5.41) is 7.30. The standard InChI is InChI=1S/C20H23N3O4/c1-12(2)21-17(24)11-23-18(25)20(3,22-19(23)26)15-7-5-14-10-16(27-4)8-6-13(14)9-15/h5-10,12H,11H2,1-4H3,(H,21,24)(H,22,26)/t20-/m1/s1. The van der Waals surface area contributed by atoms with Gasteiger partial charge in [0.15, 0.2) is 0 Å². The van der Waals surface area contributed by atoms with Crippen molar-refractivity contribution in [3.05, 3.63) is 42.0 Å². The van der Waals surface area contributed by atoms with E-state index in [1.165, 1.54) is 0 Å². The molecule has 1 heterocycles. The largest absolute Gasteiger partial charge is 0.497 e. The summed E-state index contributed by atoms with van der Waals surface area (Å²) < 4.78 is 5.23. The molecule has 4 amide bonds. The van der Waals surface area contributed by atoms with Crippen LogP contribution in [0, 0.1) is 0 Å². The summed E-state index contributed by atoms with van der Waals surface area (Å²) >= 11 is 0. The number of urea groups is 1. The first-order valence-electron chi connectivity index (χ1n) is 8.76. The number of hydrogen-bond donors (Lipinski definition) is 2. The zero-order chi connectivity index (χ0) is 19.8. The normalized spacial score (nSPS) is 19.5. The maximum Gasteiger partial charge on any atom is 0.325 e. The molecule has 142 valence electrons. The molecule has 0 saturated carbocycles. The van der Waals surface area contributed by atoms with Gasteiger partial charge >= 0.3 is 6.03 Å². The Morgan fingerprint density at radius 2 is 1.85 bits per heavy atom. The fraction of sp³-hybridized carbons (Fsp3) is 0.350. The smallest absolute Gasteiger partial charge is 0.325 e. The average Bonchev–Trinajstić information content (AvgIpc) is 2.84. The molecule has 1 aliphatic heterocycles. The van der Waals surface area contributed by atoms with Gasteiger partial charge in [-0.3, -0.25) is 14.5 Å². The van der Waals surface area contributed by atoms with Crippen LogP contribution < -0.4 is 15.4 Å². The number of rotatable bonds is 5. The lowest BCUT2D eigenvalue weighted by Gasteiger charge is -2.23.